The van der Waals surface area contributed by atoms with E-state index in [0.717, 1.165) is 31.6 Å². The topological polar surface area (TPSA) is 9.23 Å². The number of ether oxygens (including phenoxy) is 1. The van der Waals surface area contributed by atoms with Crippen molar-refractivity contribution in [3.8, 4) is 0 Å². The second kappa shape index (κ2) is 5.24. The molecule has 84 valence electrons. The fourth-order valence-corrected chi connectivity index (χ4v) is 3.83. The third kappa shape index (κ3) is 2.80. The Morgan fingerprint density at radius 2 is 2.27 bits per heavy atom. The molecule has 0 bridgehead atoms. The van der Waals surface area contributed by atoms with Crippen LogP contribution in [-0.2, 0) is 4.74 Å². The summed E-state index contributed by atoms with van der Waals surface area (Å²) in [6.45, 7) is 1.57. The van der Waals surface area contributed by atoms with E-state index in [2.05, 4.69) is 0 Å². The van der Waals surface area contributed by atoms with Crippen molar-refractivity contribution in [3.05, 3.63) is 20.3 Å². The molecular formula is C10H11Cl3OS. The monoisotopic (exact) mass is 284 g/mol. The molecular weight excluding hydrogens is 275 g/mol. The van der Waals surface area contributed by atoms with Gasteiger partial charge in [-0.05, 0) is 18.9 Å². The minimum Gasteiger partial charge on any atom is -0.381 e. The summed E-state index contributed by atoms with van der Waals surface area (Å²) >= 11 is 19.7. The van der Waals surface area contributed by atoms with Gasteiger partial charge in [-0.2, -0.15) is 0 Å². The van der Waals surface area contributed by atoms with Crippen LogP contribution in [-0.4, -0.2) is 13.2 Å². The average molecular weight is 286 g/mol. The number of alkyl halides is 1. The number of halogens is 3. The van der Waals surface area contributed by atoms with Crippen LogP contribution in [0.4, 0.5) is 0 Å². The van der Waals surface area contributed by atoms with Crippen LogP contribution in [0.25, 0.3) is 0 Å². The molecule has 0 radical (unpaired) electrons. The van der Waals surface area contributed by atoms with Gasteiger partial charge in [0.1, 0.15) is 0 Å². The van der Waals surface area contributed by atoms with E-state index in [1.54, 1.807) is 0 Å². The molecule has 0 aliphatic carbocycles. The summed E-state index contributed by atoms with van der Waals surface area (Å²) in [5.41, 5.74) is 0.948. The van der Waals surface area contributed by atoms with Crippen LogP contribution in [0.15, 0.2) is 6.07 Å². The Hall–Kier alpha value is 0.530. The third-order valence-electron chi connectivity index (χ3n) is 2.59. The number of hydrogen-bond donors (Lipinski definition) is 0. The first-order valence-electron chi connectivity index (χ1n) is 4.85. The van der Waals surface area contributed by atoms with Gasteiger partial charge in [-0.25, -0.2) is 0 Å². The van der Waals surface area contributed by atoms with Crippen LogP contribution < -0.4 is 0 Å². The molecule has 15 heavy (non-hydrogen) atoms. The molecule has 1 fully saturated rings. The Balaban J connectivity index is 2.12. The standard InChI is InChI=1S/C10H11Cl3OS/c11-8-4-7(10(13)15-8)9(12)6-2-1-3-14-5-6/h4,6,9H,1-3,5H2. The Bertz CT molecular complexity index is 333. The van der Waals surface area contributed by atoms with Crippen molar-refractivity contribution < 1.29 is 4.74 Å². The fraction of sp³-hybridized carbons (Fsp3) is 0.600. The van der Waals surface area contributed by atoms with Gasteiger partial charge in [-0.15, -0.1) is 22.9 Å². The molecule has 2 unspecified atom stereocenters. The van der Waals surface area contributed by atoms with Crippen LogP contribution >= 0.6 is 46.1 Å². The van der Waals surface area contributed by atoms with Gasteiger partial charge in [0.2, 0.25) is 0 Å². The van der Waals surface area contributed by atoms with Crippen molar-refractivity contribution in [1.82, 2.24) is 0 Å². The van der Waals surface area contributed by atoms with Crippen molar-refractivity contribution in [2.24, 2.45) is 5.92 Å². The molecule has 2 rings (SSSR count). The molecule has 0 saturated carbocycles. The first-order chi connectivity index (χ1) is 7.18. The molecule has 1 aliphatic heterocycles. The van der Waals surface area contributed by atoms with Crippen molar-refractivity contribution in [2.75, 3.05) is 13.2 Å². The summed E-state index contributed by atoms with van der Waals surface area (Å²) in [6.07, 6.45) is 2.17. The van der Waals surface area contributed by atoms with Crippen LogP contribution in [0.3, 0.4) is 0 Å². The summed E-state index contributed by atoms with van der Waals surface area (Å²) in [6, 6.07) is 1.86. The molecule has 2 atom stereocenters. The van der Waals surface area contributed by atoms with Gasteiger partial charge in [-0.1, -0.05) is 23.2 Å². The first-order valence-corrected chi connectivity index (χ1v) is 6.86. The van der Waals surface area contributed by atoms with E-state index in [-0.39, 0.29) is 5.38 Å². The number of thiophene rings is 1. The maximum absolute atomic E-state index is 6.39. The quantitative estimate of drug-likeness (QED) is 0.712. The summed E-state index contributed by atoms with van der Waals surface area (Å²) in [5, 5.41) is -0.0819. The van der Waals surface area contributed by atoms with E-state index in [4.69, 9.17) is 39.5 Å². The van der Waals surface area contributed by atoms with E-state index >= 15 is 0 Å². The third-order valence-corrected chi connectivity index (χ3v) is 4.70. The zero-order valence-electron chi connectivity index (χ0n) is 8.01. The van der Waals surface area contributed by atoms with E-state index in [0.29, 0.717) is 14.6 Å². The molecule has 2 heterocycles. The summed E-state index contributed by atoms with van der Waals surface area (Å²) < 4.78 is 6.81. The lowest BCUT2D eigenvalue weighted by Gasteiger charge is -2.26. The first kappa shape index (κ1) is 12.0. The highest BCUT2D eigenvalue weighted by atomic mass is 35.5. The van der Waals surface area contributed by atoms with Gasteiger partial charge in [0.15, 0.2) is 0 Å². The van der Waals surface area contributed by atoms with Gasteiger partial charge in [-0.3, -0.25) is 0 Å². The largest absolute Gasteiger partial charge is 0.381 e. The molecule has 0 amide bonds. The zero-order chi connectivity index (χ0) is 10.8. The second-order valence-electron chi connectivity index (χ2n) is 3.66. The van der Waals surface area contributed by atoms with E-state index in [1.807, 2.05) is 6.07 Å². The van der Waals surface area contributed by atoms with Crippen LogP contribution in [0, 0.1) is 5.92 Å². The Kier molecular flexibility index (Phi) is 4.19. The number of rotatable bonds is 2. The van der Waals surface area contributed by atoms with E-state index in [9.17, 15) is 0 Å². The molecule has 1 saturated heterocycles. The molecule has 1 nitrogen and oxygen atoms in total. The summed E-state index contributed by atoms with van der Waals surface area (Å²) in [4.78, 5) is 0. The summed E-state index contributed by atoms with van der Waals surface area (Å²) in [5.74, 6) is 0.351. The maximum atomic E-state index is 6.39. The smallest absolute Gasteiger partial charge is 0.0991 e. The molecule has 5 heteroatoms. The molecule has 1 aliphatic rings. The van der Waals surface area contributed by atoms with Gasteiger partial charge in [0, 0.05) is 18.1 Å². The highest BCUT2D eigenvalue weighted by Crippen LogP contribution is 2.42. The molecule has 1 aromatic rings. The lowest BCUT2D eigenvalue weighted by atomic mass is 9.95. The highest BCUT2D eigenvalue weighted by molar-refractivity contribution is 7.20. The van der Waals surface area contributed by atoms with Crippen molar-refractivity contribution in [3.63, 3.8) is 0 Å². The Labute approximate surface area is 108 Å². The predicted molar refractivity (Wildman–Crippen MR) is 66.5 cm³/mol. The average Bonchev–Trinajstić information content (AvgIpc) is 2.58. The second-order valence-corrected chi connectivity index (χ2v) is 6.41. The van der Waals surface area contributed by atoms with Gasteiger partial charge in [0.25, 0.3) is 0 Å². The highest BCUT2D eigenvalue weighted by Gasteiger charge is 2.26. The van der Waals surface area contributed by atoms with Gasteiger partial charge in [0.05, 0.1) is 20.7 Å². The van der Waals surface area contributed by atoms with Crippen LogP contribution in [0.1, 0.15) is 23.8 Å². The van der Waals surface area contributed by atoms with Crippen molar-refractivity contribution in [1.29, 1.82) is 0 Å². The summed E-state index contributed by atoms with van der Waals surface area (Å²) in [7, 11) is 0. The minimum absolute atomic E-state index is 0.0819. The van der Waals surface area contributed by atoms with Crippen molar-refractivity contribution in [2.45, 2.75) is 18.2 Å². The molecule has 0 spiro atoms. The zero-order valence-corrected chi connectivity index (χ0v) is 11.1. The maximum Gasteiger partial charge on any atom is 0.0991 e. The molecule has 0 aromatic carbocycles. The number of hydrogen-bond acceptors (Lipinski definition) is 2. The van der Waals surface area contributed by atoms with E-state index < -0.39 is 0 Å². The molecule has 0 N–H and O–H groups in total. The van der Waals surface area contributed by atoms with E-state index in [1.165, 1.54) is 11.3 Å². The molecule has 1 aromatic heterocycles. The van der Waals surface area contributed by atoms with Crippen LogP contribution in [0.5, 0.6) is 0 Å². The minimum atomic E-state index is -0.0819. The Morgan fingerprint density at radius 3 is 2.80 bits per heavy atom. The van der Waals surface area contributed by atoms with Crippen molar-refractivity contribution >= 4 is 46.1 Å². The Morgan fingerprint density at radius 1 is 1.47 bits per heavy atom. The van der Waals surface area contributed by atoms with Crippen LogP contribution in [0.2, 0.25) is 8.67 Å². The normalized spacial score (nSPS) is 24.1. The van der Waals surface area contributed by atoms with Gasteiger partial charge < -0.3 is 4.74 Å². The predicted octanol–water partition coefficient (Wildman–Crippen LogP) is 4.76. The SMILES string of the molecule is Clc1cc(C(Cl)C2CCCOC2)c(Cl)s1. The lowest BCUT2D eigenvalue weighted by molar-refractivity contribution is 0.0532. The van der Waals surface area contributed by atoms with Gasteiger partial charge >= 0.3 is 0 Å². The fourth-order valence-electron chi connectivity index (χ4n) is 1.79. The lowest BCUT2D eigenvalue weighted by Crippen LogP contribution is -2.21.